The number of hydrogen-bond donors (Lipinski definition) is 2. The molecule has 2 atom stereocenters. The number of rotatable bonds is 20. The molecule has 0 rings (SSSR count). The van der Waals surface area contributed by atoms with E-state index in [4.69, 9.17) is 14.2 Å². The first-order valence-electron chi connectivity index (χ1n) is 12.6. The van der Waals surface area contributed by atoms with Crippen LogP contribution in [0, 0.1) is 11.8 Å². The third-order valence-electron chi connectivity index (χ3n) is 5.54. The molecule has 0 spiro atoms. The molecule has 0 radical (unpaired) electrons. The quantitative estimate of drug-likeness (QED) is 0.145. The Hall–Kier alpha value is 0.0700. The fourth-order valence-corrected chi connectivity index (χ4v) is 4.00. The lowest BCUT2D eigenvalue weighted by Crippen LogP contribution is -2.12. The normalized spacial score (nSPS) is 15.2. The predicted octanol–water partition coefficient (Wildman–Crippen LogP) is 7.89. The van der Waals surface area contributed by atoms with Gasteiger partial charge in [0, 0.05) is 6.61 Å². The zero-order chi connectivity index (χ0) is 23.1. The smallest absolute Gasteiger partial charge is 0.396 e. The van der Waals surface area contributed by atoms with Crippen molar-refractivity contribution in [2.75, 3.05) is 19.8 Å². The second kappa shape index (κ2) is 23.7. The van der Waals surface area contributed by atoms with Crippen molar-refractivity contribution < 1.29 is 23.6 Å². The van der Waals surface area contributed by atoms with E-state index < -0.39 is 7.82 Å². The van der Waals surface area contributed by atoms with Crippen LogP contribution in [0.5, 0.6) is 0 Å². The molecule has 2 N–H and O–H groups in total. The summed E-state index contributed by atoms with van der Waals surface area (Å²) >= 11 is 0. The molecule has 30 heavy (non-hydrogen) atoms. The SMILES string of the molecule is CCCCC(CC)COP(=O)(O)OCC(CC)CCCC.CCCCCCCCO. The van der Waals surface area contributed by atoms with Crippen molar-refractivity contribution in [1.29, 1.82) is 0 Å². The zero-order valence-electron chi connectivity index (χ0n) is 20.7. The molecule has 0 fully saturated rings. The van der Waals surface area contributed by atoms with E-state index in [-0.39, 0.29) is 0 Å². The largest absolute Gasteiger partial charge is 0.472 e. The minimum Gasteiger partial charge on any atom is -0.396 e. The molecule has 0 saturated heterocycles. The van der Waals surface area contributed by atoms with Crippen LogP contribution in [0.25, 0.3) is 0 Å². The van der Waals surface area contributed by atoms with E-state index in [0.29, 0.717) is 31.7 Å². The van der Waals surface area contributed by atoms with Crippen LogP contribution >= 0.6 is 7.82 Å². The van der Waals surface area contributed by atoms with Gasteiger partial charge in [-0.25, -0.2) is 4.57 Å². The van der Waals surface area contributed by atoms with Crippen molar-refractivity contribution in [2.45, 2.75) is 125 Å². The summed E-state index contributed by atoms with van der Waals surface area (Å²) in [5, 5.41) is 8.42. The molecular weight excluding hydrogens is 399 g/mol. The third kappa shape index (κ3) is 22.7. The van der Waals surface area contributed by atoms with Crippen molar-refractivity contribution in [3.8, 4) is 0 Å². The molecule has 5 nitrogen and oxygen atoms in total. The van der Waals surface area contributed by atoms with Gasteiger partial charge in [0.25, 0.3) is 0 Å². The fourth-order valence-electron chi connectivity index (χ4n) is 3.12. The summed E-state index contributed by atoms with van der Waals surface area (Å²) in [6.45, 7) is 11.7. The second-order valence-electron chi connectivity index (χ2n) is 8.38. The Balaban J connectivity index is 0. The van der Waals surface area contributed by atoms with Gasteiger partial charge in [0.05, 0.1) is 13.2 Å². The maximum absolute atomic E-state index is 11.9. The van der Waals surface area contributed by atoms with Crippen molar-refractivity contribution in [3.05, 3.63) is 0 Å². The number of aliphatic hydroxyl groups excluding tert-OH is 1. The van der Waals surface area contributed by atoms with Crippen molar-refractivity contribution >= 4 is 7.82 Å². The van der Waals surface area contributed by atoms with Gasteiger partial charge < -0.3 is 10.00 Å². The van der Waals surface area contributed by atoms with Gasteiger partial charge in [-0.1, -0.05) is 105 Å². The summed E-state index contributed by atoms with van der Waals surface area (Å²) in [4.78, 5) is 9.77. The average molecular weight is 453 g/mol. The minimum atomic E-state index is -3.89. The van der Waals surface area contributed by atoms with Gasteiger partial charge >= 0.3 is 7.82 Å². The van der Waals surface area contributed by atoms with Gasteiger partial charge in [0.1, 0.15) is 0 Å². The molecule has 0 aromatic rings. The number of phosphoric ester groups is 1. The topological polar surface area (TPSA) is 76.0 Å². The highest BCUT2D eigenvalue weighted by Crippen LogP contribution is 2.44. The van der Waals surface area contributed by atoms with Crippen LogP contribution in [0.4, 0.5) is 0 Å². The second-order valence-corrected chi connectivity index (χ2v) is 9.84. The summed E-state index contributed by atoms with van der Waals surface area (Å²) in [6, 6.07) is 0. The molecule has 0 bridgehead atoms. The van der Waals surface area contributed by atoms with Gasteiger partial charge in [-0.2, -0.15) is 0 Å². The van der Waals surface area contributed by atoms with Gasteiger partial charge in [-0.05, 0) is 31.1 Å². The molecule has 0 aromatic heterocycles. The van der Waals surface area contributed by atoms with Crippen LogP contribution in [-0.4, -0.2) is 29.8 Å². The summed E-state index contributed by atoms with van der Waals surface area (Å²) in [6.07, 6.45) is 16.1. The van der Waals surface area contributed by atoms with Crippen LogP contribution in [0.1, 0.15) is 125 Å². The molecule has 2 unspecified atom stereocenters. The van der Waals surface area contributed by atoms with Crippen molar-refractivity contribution in [1.82, 2.24) is 0 Å². The highest BCUT2D eigenvalue weighted by atomic mass is 31.2. The summed E-state index contributed by atoms with van der Waals surface area (Å²) < 4.78 is 22.2. The van der Waals surface area contributed by atoms with E-state index in [1.165, 1.54) is 32.1 Å². The van der Waals surface area contributed by atoms with Crippen LogP contribution < -0.4 is 0 Å². The number of hydrogen-bond acceptors (Lipinski definition) is 4. The number of aliphatic hydroxyl groups is 1. The zero-order valence-corrected chi connectivity index (χ0v) is 21.6. The van der Waals surface area contributed by atoms with E-state index in [9.17, 15) is 9.46 Å². The Kier molecular flexibility index (Phi) is 25.5. The first-order chi connectivity index (χ1) is 14.4. The lowest BCUT2D eigenvalue weighted by Gasteiger charge is -2.20. The van der Waals surface area contributed by atoms with Crippen LogP contribution in [0.2, 0.25) is 0 Å². The summed E-state index contributed by atoms with van der Waals surface area (Å²) in [7, 11) is -3.89. The van der Waals surface area contributed by atoms with E-state index in [0.717, 1.165) is 57.8 Å². The Bertz CT molecular complexity index is 349. The Morgan fingerprint density at radius 1 is 0.667 bits per heavy atom. The molecule has 0 saturated carbocycles. The molecule has 184 valence electrons. The van der Waals surface area contributed by atoms with E-state index in [1.54, 1.807) is 0 Å². The maximum Gasteiger partial charge on any atom is 0.472 e. The average Bonchev–Trinajstić information content (AvgIpc) is 2.74. The molecule has 0 aliphatic rings. The maximum atomic E-state index is 11.9. The van der Waals surface area contributed by atoms with Gasteiger partial charge in [-0.3, -0.25) is 9.05 Å². The Labute approximate surface area is 188 Å². The highest BCUT2D eigenvalue weighted by Gasteiger charge is 2.24. The standard InChI is InChI=1S/C16H35O4P.C8H18O/c1-5-9-11-15(7-3)13-19-21(17,18)20-14-16(8-4)12-10-6-2;1-2-3-4-5-6-7-8-9/h15-16H,5-14H2,1-4H3,(H,17,18);9H,2-8H2,1H3. The van der Waals surface area contributed by atoms with Crippen LogP contribution in [-0.2, 0) is 13.6 Å². The number of unbranched alkanes of at least 4 members (excludes halogenated alkanes) is 7. The fraction of sp³-hybridized carbons (Fsp3) is 1.00. The molecule has 0 aromatic carbocycles. The lowest BCUT2D eigenvalue weighted by atomic mass is 10.0. The lowest BCUT2D eigenvalue weighted by molar-refractivity contribution is 0.110. The van der Waals surface area contributed by atoms with Crippen molar-refractivity contribution in [3.63, 3.8) is 0 Å². The predicted molar refractivity (Wildman–Crippen MR) is 129 cm³/mol. The molecule has 0 heterocycles. The molecule has 0 aliphatic carbocycles. The van der Waals surface area contributed by atoms with Crippen LogP contribution in [0.3, 0.4) is 0 Å². The van der Waals surface area contributed by atoms with E-state index in [1.807, 2.05) is 0 Å². The van der Waals surface area contributed by atoms with Gasteiger partial charge in [0.15, 0.2) is 0 Å². The van der Waals surface area contributed by atoms with Gasteiger partial charge in [0.2, 0.25) is 0 Å². The molecule has 0 amide bonds. The first-order valence-corrected chi connectivity index (χ1v) is 14.1. The first kappa shape index (κ1) is 32.3. The Morgan fingerprint density at radius 3 is 1.43 bits per heavy atom. The Morgan fingerprint density at radius 2 is 1.07 bits per heavy atom. The van der Waals surface area contributed by atoms with Gasteiger partial charge in [-0.15, -0.1) is 0 Å². The highest BCUT2D eigenvalue weighted by molar-refractivity contribution is 7.47. The number of phosphoric acid groups is 1. The molecular formula is C24H53O5P. The molecule has 6 heteroatoms. The van der Waals surface area contributed by atoms with E-state index >= 15 is 0 Å². The summed E-state index contributed by atoms with van der Waals surface area (Å²) in [5.74, 6) is 0.687. The van der Waals surface area contributed by atoms with Crippen LogP contribution in [0.15, 0.2) is 0 Å². The van der Waals surface area contributed by atoms with E-state index in [2.05, 4.69) is 34.6 Å². The third-order valence-corrected chi connectivity index (χ3v) is 6.50. The minimum absolute atomic E-state index is 0.316. The summed E-state index contributed by atoms with van der Waals surface area (Å²) in [5.41, 5.74) is 0. The molecule has 0 aliphatic heterocycles. The van der Waals surface area contributed by atoms with Crippen molar-refractivity contribution in [2.24, 2.45) is 11.8 Å². The monoisotopic (exact) mass is 452 g/mol.